The maximum atomic E-state index is 13.3. The van der Waals surface area contributed by atoms with Gasteiger partial charge in [-0.15, -0.1) is 0 Å². The van der Waals surface area contributed by atoms with Gasteiger partial charge in [-0.3, -0.25) is 14.7 Å². The Morgan fingerprint density at radius 3 is 2.27 bits per heavy atom. The smallest absolute Gasteiger partial charge is 0.321 e. The molecule has 1 atom stereocenters. The van der Waals surface area contributed by atoms with Crippen LogP contribution in [0.1, 0.15) is 37.7 Å². The van der Waals surface area contributed by atoms with Crippen LogP contribution in [0.25, 0.3) is 0 Å². The summed E-state index contributed by atoms with van der Waals surface area (Å²) in [6, 6.07) is 8.99. The molecule has 2 aromatic rings. The van der Waals surface area contributed by atoms with Crippen LogP contribution in [0.5, 0.6) is 0 Å². The van der Waals surface area contributed by atoms with Crippen LogP contribution >= 0.6 is 23.2 Å². The number of carbonyl (C=O) groups is 2. The summed E-state index contributed by atoms with van der Waals surface area (Å²) >= 11 is 12.0. The number of piperazine rings is 1. The molecule has 1 aromatic heterocycles. The van der Waals surface area contributed by atoms with E-state index in [1.807, 2.05) is 17.0 Å². The number of hydrogen-bond donors (Lipinski definition) is 2. The molecular weight excluding hydrogens is 513 g/mol. The number of likely N-dealkylation sites (tertiary alicyclic amines) is 1. The van der Waals surface area contributed by atoms with E-state index in [-0.39, 0.29) is 17.9 Å². The Morgan fingerprint density at radius 2 is 1.59 bits per heavy atom. The third kappa shape index (κ3) is 5.87. The number of halogens is 2. The predicted molar refractivity (Wildman–Crippen MR) is 144 cm³/mol. The van der Waals surface area contributed by atoms with Gasteiger partial charge in [0.05, 0.1) is 21.6 Å². The van der Waals surface area contributed by atoms with Gasteiger partial charge in [0.15, 0.2) is 0 Å². The van der Waals surface area contributed by atoms with Crippen LogP contribution in [0.2, 0.25) is 10.0 Å². The van der Waals surface area contributed by atoms with Crippen LogP contribution in [0.3, 0.4) is 0 Å². The first-order valence-corrected chi connectivity index (χ1v) is 13.7. The monoisotopic (exact) mass is 545 g/mol. The molecule has 37 heavy (non-hydrogen) atoms. The number of anilines is 1. The standard InChI is InChI=1S/C27H33Cl2N5O3/c28-23-2-1-21(17-24(23)29)31-26(36)33-15-13-32(14-16-33)25(35)19-7-12-34(18-19)22-3-8-27(37,9-4-22)20-5-10-30-11-6-20/h1-2,5-6,10-11,17,19,22,37H,3-4,7-9,12-16,18H2,(H,31,36). The number of rotatable bonds is 4. The van der Waals surface area contributed by atoms with E-state index < -0.39 is 5.60 Å². The molecule has 2 saturated heterocycles. The maximum Gasteiger partial charge on any atom is 0.321 e. The van der Waals surface area contributed by atoms with Crippen LogP contribution in [0.15, 0.2) is 42.7 Å². The zero-order valence-electron chi connectivity index (χ0n) is 20.8. The van der Waals surface area contributed by atoms with Crippen molar-refractivity contribution in [1.82, 2.24) is 19.7 Å². The van der Waals surface area contributed by atoms with Gasteiger partial charge in [0, 0.05) is 56.8 Å². The summed E-state index contributed by atoms with van der Waals surface area (Å²) in [5.74, 6) is 0.189. The Kier molecular flexibility index (Phi) is 7.91. The minimum absolute atomic E-state index is 0.00223. The number of aliphatic hydroxyl groups is 1. The summed E-state index contributed by atoms with van der Waals surface area (Å²) in [7, 11) is 0. The Morgan fingerprint density at radius 1 is 0.919 bits per heavy atom. The van der Waals surface area contributed by atoms with Crippen molar-refractivity contribution in [3.8, 4) is 0 Å². The highest BCUT2D eigenvalue weighted by Gasteiger charge is 2.40. The number of carbonyl (C=O) groups excluding carboxylic acids is 2. The van der Waals surface area contributed by atoms with Crippen molar-refractivity contribution in [2.24, 2.45) is 5.92 Å². The van der Waals surface area contributed by atoms with Crippen LogP contribution in [0.4, 0.5) is 10.5 Å². The molecule has 10 heteroatoms. The van der Waals surface area contributed by atoms with Crippen molar-refractivity contribution in [1.29, 1.82) is 0 Å². The third-order valence-electron chi connectivity index (χ3n) is 8.13. The largest absolute Gasteiger partial charge is 0.385 e. The van der Waals surface area contributed by atoms with E-state index in [2.05, 4.69) is 15.2 Å². The predicted octanol–water partition coefficient (Wildman–Crippen LogP) is 4.22. The summed E-state index contributed by atoms with van der Waals surface area (Å²) in [5.41, 5.74) is 0.756. The highest BCUT2D eigenvalue weighted by atomic mass is 35.5. The minimum Gasteiger partial charge on any atom is -0.385 e. The number of nitrogens with zero attached hydrogens (tertiary/aromatic N) is 4. The first-order valence-electron chi connectivity index (χ1n) is 13.0. The second-order valence-electron chi connectivity index (χ2n) is 10.4. The molecule has 0 spiro atoms. The van der Waals surface area contributed by atoms with Crippen molar-refractivity contribution < 1.29 is 14.7 Å². The fourth-order valence-electron chi connectivity index (χ4n) is 5.88. The molecule has 3 amide bonds. The quantitative estimate of drug-likeness (QED) is 0.600. The first-order chi connectivity index (χ1) is 17.8. The van der Waals surface area contributed by atoms with Crippen molar-refractivity contribution in [2.75, 3.05) is 44.6 Å². The number of amides is 3. The van der Waals surface area contributed by atoms with Gasteiger partial charge in [0.25, 0.3) is 0 Å². The highest BCUT2D eigenvalue weighted by molar-refractivity contribution is 6.42. The number of aromatic nitrogens is 1. The van der Waals surface area contributed by atoms with Gasteiger partial charge in [0.1, 0.15) is 0 Å². The molecule has 1 aromatic carbocycles. The second kappa shape index (κ2) is 11.2. The maximum absolute atomic E-state index is 13.3. The lowest BCUT2D eigenvalue weighted by Gasteiger charge is -2.40. The van der Waals surface area contributed by atoms with Gasteiger partial charge in [-0.25, -0.2) is 4.79 Å². The molecule has 3 aliphatic rings. The zero-order chi connectivity index (χ0) is 26.0. The topological polar surface area (TPSA) is 89.0 Å². The number of hydrogen-bond acceptors (Lipinski definition) is 5. The third-order valence-corrected chi connectivity index (χ3v) is 8.87. The molecule has 1 unspecified atom stereocenters. The minimum atomic E-state index is -0.778. The average Bonchev–Trinajstić information content (AvgIpc) is 3.42. The lowest BCUT2D eigenvalue weighted by atomic mass is 9.77. The molecule has 0 bridgehead atoms. The van der Waals surface area contributed by atoms with Crippen LogP contribution in [0, 0.1) is 5.92 Å². The van der Waals surface area contributed by atoms with E-state index in [0.29, 0.717) is 48.0 Å². The average molecular weight is 546 g/mol. The van der Waals surface area contributed by atoms with Gasteiger partial charge >= 0.3 is 6.03 Å². The summed E-state index contributed by atoms with van der Waals surface area (Å²) in [6.07, 6.45) is 7.63. The van der Waals surface area contributed by atoms with Crippen LogP contribution in [-0.4, -0.2) is 82.0 Å². The molecule has 5 rings (SSSR count). The van der Waals surface area contributed by atoms with Gasteiger partial charge in [-0.1, -0.05) is 23.2 Å². The SMILES string of the molecule is O=C(Nc1ccc(Cl)c(Cl)c1)N1CCN(C(=O)C2CCN(C3CCC(O)(c4ccncc4)CC3)C2)CC1. The zero-order valence-corrected chi connectivity index (χ0v) is 22.3. The summed E-state index contributed by atoms with van der Waals surface area (Å²) < 4.78 is 0. The van der Waals surface area contributed by atoms with Gasteiger partial charge < -0.3 is 20.2 Å². The molecule has 198 valence electrons. The van der Waals surface area contributed by atoms with E-state index in [0.717, 1.165) is 50.8 Å². The Hall–Kier alpha value is -2.39. The molecule has 2 N–H and O–H groups in total. The van der Waals surface area contributed by atoms with E-state index in [1.54, 1.807) is 35.5 Å². The van der Waals surface area contributed by atoms with Crippen LogP contribution in [-0.2, 0) is 10.4 Å². The highest BCUT2D eigenvalue weighted by Crippen LogP contribution is 2.39. The van der Waals surface area contributed by atoms with Gasteiger partial charge in [-0.05, 0) is 74.5 Å². The summed E-state index contributed by atoms with van der Waals surface area (Å²) in [6.45, 7) is 3.74. The molecule has 1 aliphatic carbocycles. The molecule has 3 heterocycles. The van der Waals surface area contributed by atoms with E-state index >= 15 is 0 Å². The number of benzene rings is 1. The fourth-order valence-corrected chi connectivity index (χ4v) is 6.18. The van der Waals surface area contributed by atoms with Crippen molar-refractivity contribution >= 4 is 40.8 Å². The lowest BCUT2D eigenvalue weighted by molar-refractivity contribution is -0.136. The summed E-state index contributed by atoms with van der Waals surface area (Å²) in [4.78, 5) is 36.0. The number of pyridine rings is 1. The number of nitrogens with one attached hydrogen (secondary N) is 1. The normalized spacial score (nSPS) is 26.8. The second-order valence-corrected chi connectivity index (χ2v) is 11.2. The molecule has 2 aliphatic heterocycles. The Balaban J connectivity index is 1.07. The lowest BCUT2D eigenvalue weighted by Crippen LogP contribution is -2.53. The summed E-state index contributed by atoms with van der Waals surface area (Å²) in [5, 5.41) is 14.8. The van der Waals surface area contributed by atoms with Gasteiger partial charge in [0.2, 0.25) is 5.91 Å². The molecule has 0 radical (unpaired) electrons. The Bertz CT molecular complexity index is 1120. The molecule has 1 saturated carbocycles. The molecule has 8 nitrogen and oxygen atoms in total. The molecular formula is C27H33Cl2N5O3. The first kappa shape index (κ1) is 26.2. The number of urea groups is 1. The fraction of sp³-hybridized carbons (Fsp3) is 0.519. The van der Waals surface area contributed by atoms with Gasteiger partial charge in [-0.2, -0.15) is 0 Å². The molecule has 3 fully saturated rings. The van der Waals surface area contributed by atoms with E-state index in [9.17, 15) is 14.7 Å². The van der Waals surface area contributed by atoms with Crippen molar-refractivity contribution in [2.45, 2.75) is 43.7 Å². The van der Waals surface area contributed by atoms with E-state index in [1.165, 1.54) is 0 Å². The van der Waals surface area contributed by atoms with E-state index in [4.69, 9.17) is 23.2 Å². The van der Waals surface area contributed by atoms with Crippen LogP contribution < -0.4 is 5.32 Å². The Labute approximate surface area is 227 Å². The van der Waals surface area contributed by atoms with Crippen molar-refractivity contribution in [3.63, 3.8) is 0 Å². The van der Waals surface area contributed by atoms with Crippen molar-refractivity contribution in [3.05, 3.63) is 58.3 Å².